The molecule has 1 aromatic carbocycles. The zero-order valence-electron chi connectivity index (χ0n) is 12.4. The first-order valence-corrected chi connectivity index (χ1v) is 7.12. The lowest BCUT2D eigenvalue weighted by Crippen LogP contribution is -2.45. The molecule has 1 aliphatic rings. The van der Waals surface area contributed by atoms with E-state index in [4.69, 9.17) is 9.47 Å². The third-order valence-corrected chi connectivity index (χ3v) is 3.79. The number of hydrogen-bond donors (Lipinski definition) is 1. The predicted octanol–water partition coefficient (Wildman–Crippen LogP) is 1.23. The summed E-state index contributed by atoms with van der Waals surface area (Å²) in [6.07, 6.45) is 1.13. The van der Waals surface area contributed by atoms with Crippen LogP contribution in [-0.2, 0) is 25.5 Å². The Bertz CT molecular complexity index is 509. The van der Waals surface area contributed by atoms with E-state index in [0.29, 0.717) is 26.1 Å². The molecule has 114 valence electrons. The van der Waals surface area contributed by atoms with Crippen LogP contribution in [0.25, 0.3) is 0 Å². The quantitative estimate of drug-likeness (QED) is 0.829. The maximum absolute atomic E-state index is 12.2. The van der Waals surface area contributed by atoms with Gasteiger partial charge in [0.15, 0.2) is 0 Å². The first kappa shape index (κ1) is 15.5. The molecule has 2 rings (SSSR count). The van der Waals surface area contributed by atoms with Crippen molar-refractivity contribution in [2.45, 2.75) is 25.8 Å². The van der Waals surface area contributed by atoms with E-state index in [1.807, 2.05) is 31.2 Å². The molecule has 1 heterocycles. The third kappa shape index (κ3) is 4.04. The van der Waals surface area contributed by atoms with Crippen LogP contribution in [0, 0.1) is 12.8 Å². The van der Waals surface area contributed by atoms with E-state index >= 15 is 0 Å². The van der Waals surface area contributed by atoms with Crippen LogP contribution in [0.15, 0.2) is 24.3 Å². The molecule has 0 aromatic heterocycles. The number of amides is 1. The van der Waals surface area contributed by atoms with Gasteiger partial charge >= 0.3 is 5.97 Å². The van der Waals surface area contributed by atoms with Gasteiger partial charge in [-0.1, -0.05) is 24.3 Å². The van der Waals surface area contributed by atoms with Crippen molar-refractivity contribution in [1.82, 2.24) is 5.32 Å². The molecular formula is C16H21NO4. The van der Waals surface area contributed by atoms with Gasteiger partial charge in [-0.3, -0.25) is 4.79 Å². The van der Waals surface area contributed by atoms with Crippen LogP contribution in [0.1, 0.15) is 17.5 Å². The highest BCUT2D eigenvalue weighted by atomic mass is 16.5. The molecule has 1 saturated heterocycles. The van der Waals surface area contributed by atoms with Crippen molar-refractivity contribution in [2.24, 2.45) is 5.92 Å². The van der Waals surface area contributed by atoms with Crippen LogP contribution in [0.4, 0.5) is 0 Å². The smallest absolute Gasteiger partial charge is 0.328 e. The second kappa shape index (κ2) is 7.22. The van der Waals surface area contributed by atoms with E-state index in [-0.39, 0.29) is 11.8 Å². The fourth-order valence-electron chi connectivity index (χ4n) is 2.43. The number of carbonyl (C=O) groups excluding carboxylic acids is 2. The Hall–Kier alpha value is -1.88. The molecule has 21 heavy (non-hydrogen) atoms. The summed E-state index contributed by atoms with van der Waals surface area (Å²) in [6.45, 7) is 3.00. The highest BCUT2D eigenvalue weighted by Crippen LogP contribution is 2.14. The summed E-state index contributed by atoms with van der Waals surface area (Å²) in [7, 11) is 1.33. The lowest BCUT2D eigenvalue weighted by molar-refractivity contribution is -0.145. The van der Waals surface area contributed by atoms with Crippen molar-refractivity contribution in [2.75, 3.05) is 20.3 Å². The summed E-state index contributed by atoms with van der Waals surface area (Å²) in [6, 6.07) is 7.14. The lowest BCUT2D eigenvalue weighted by atomic mass is 10.00. The van der Waals surface area contributed by atoms with E-state index in [1.165, 1.54) is 7.11 Å². The number of rotatable bonds is 5. The van der Waals surface area contributed by atoms with Crippen molar-refractivity contribution < 1.29 is 19.1 Å². The minimum atomic E-state index is -0.663. The molecule has 0 bridgehead atoms. The van der Waals surface area contributed by atoms with Gasteiger partial charge in [0.1, 0.15) is 6.04 Å². The number of hydrogen-bond acceptors (Lipinski definition) is 4. The average Bonchev–Trinajstić information content (AvgIpc) is 3.02. The van der Waals surface area contributed by atoms with Crippen molar-refractivity contribution in [3.8, 4) is 0 Å². The van der Waals surface area contributed by atoms with E-state index in [2.05, 4.69) is 5.32 Å². The van der Waals surface area contributed by atoms with Crippen LogP contribution < -0.4 is 5.32 Å². The van der Waals surface area contributed by atoms with E-state index in [1.54, 1.807) is 0 Å². The molecule has 1 amide bonds. The number of nitrogens with one attached hydrogen (secondary N) is 1. The van der Waals surface area contributed by atoms with E-state index in [0.717, 1.165) is 11.1 Å². The average molecular weight is 291 g/mol. The first-order valence-electron chi connectivity index (χ1n) is 7.12. The van der Waals surface area contributed by atoms with Gasteiger partial charge in [0.2, 0.25) is 5.91 Å². The summed E-state index contributed by atoms with van der Waals surface area (Å²) in [5, 5.41) is 2.79. The van der Waals surface area contributed by atoms with Gasteiger partial charge in [-0.2, -0.15) is 0 Å². The molecular weight excluding hydrogens is 270 g/mol. The minimum Gasteiger partial charge on any atom is -0.467 e. The summed E-state index contributed by atoms with van der Waals surface area (Å²) >= 11 is 0. The molecule has 5 nitrogen and oxygen atoms in total. The lowest BCUT2D eigenvalue weighted by Gasteiger charge is -2.19. The van der Waals surface area contributed by atoms with Gasteiger partial charge in [-0.15, -0.1) is 0 Å². The molecule has 0 unspecified atom stereocenters. The zero-order valence-corrected chi connectivity index (χ0v) is 12.4. The van der Waals surface area contributed by atoms with Crippen molar-refractivity contribution >= 4 is 11.9 Å². The fraction of sp³-hybridized carbons (Fsp3) is 0.500. The molecule has 2 atom stereocenters. The monoisotopic (exact) mass is 291 g/mol. The normalized spacial score (nSPS) is 19.0. The van der Waals surface area contributed by atoms with Gasteiger partial charge in [-0.25, -0.2) is 4.79 Å². The molecule has 1 aliphatic heterocycles. The van der Waals surface area contributed by atoms with Crippen LogP contribution >= 0.6 is 0 Å². The topological polar surface area (TPSA) is 64.6 Å². The number of ether oxygens (including phenoxy) is 2. The molecule has 0 aliphatic carbocycles. The van der Waals surface area contributed by atoms with Crippen LogP contribution in [0.2, 0.25) is 0 Å². The van der Waals surface area contributed by atoms with Crippen LogP contribution in [-0.4, -0.2) is 38.2 Å². The second-order valence-electron chi connectivity index (χ2n) is 5.28. The van der Waals surface area contributed by atoms with E-state index < -0.39 is 12.0 Å². The SMILES string of the molecule is COC(=O)[C@H](Cc1ccccc1C)NC(=O)[C@@H]1CCOC1. The number of carbonyl (C=O) groups is 2. The summed E-state index contributed by atoms with van der Waals surface area (Å²) in [4.78, 5) is 24.1. The summed E-state index contributed by atoms with van der Waals surface area (Å²) in [5.41, 5.74) is 2.11. The van der Waals surface area contributed by atoms with Gasteiger partial charge < -0.3 is 14.8 Å². The molecule has 5 heteroatoms. The molecule has 1 aromatic rings. The molecule has 0 saturated carbocycles. The van der Waals surface area contributed by atoms with Crippen molar-refractivity contribution in [3.05, 3.63) is 35.4 Å². The standard InChI is InChI=1S/C16H21NO4/c1-11-5-3-4-6-12(11)9-14(16(19)20-2)17-15(18)13-7-8-21-10-13/h3-6,13-14H,7-10H2,1-2H3,(H,17,18)/t13-,14+/m1/s1. The Morgan fingerprint density at radius 1 is 1.43 bits per heavy atom. The first-order chi connectivity index (χ1) is 10.1. The number of aryl methyl sites for hydroxylation is 1. The largest absolute Gasteiger partial charge is 0.467 e. The summed E-state index contributed by atoms with van der Waals surface area (Å²) < 4.78 is 10.0. The third-order valence-electron chi connectivity index (χ3n) is 3.79. The van der Waals surface area contributed by atoms with Crippen LogP contribution in [0.3, 0.4) is 0 Å². The summed E-state index contributed by atoms with van der Waals surface area (Å²) in [5.74, 6) is -0.740. The highest BCUT2D eigenvalue weighted by Gasteiger charge is 2.28. The number of benzene rings is 1. The second-order valence-corrected chi connectivity index (χ2v) is 5.28. The maximum atomic E-state index is 12.2. The molecule has 1 fully saturated rings. The van der Waals surface area contributed by atoms with Crippen molar-refractivity contribution in [1.29, 1.82) is 0 Å². The Kier molecular flexibility index (Phi) is 5.33. The number of methoxy groups -OCH3 is 1. The van der Waals surface area contributed by atoms with E-state index in [9.17, 15) is 9.59 Å². The maximum Gasteiger partial charge on any atom is 0.328 e. The Labute approximate surface area is 124 Å². The minimum absolute atomic E-state index is 0.142. The number of esters is 1. The van der Waals surface area contributed by atoms with Gasteiger partial charge in [0, 0.05) is 13.0 Å². The molecule has 1 N–H and O–H groups in total. The Morgan fingerprint density at radius 2 is 2.19 bits per heavy atom. The Balaban J connectivity index is 2.06. The van der Waals surface area contributed by atoms with Crippen molar-refractivity contribution in [3.63, 3.8) is 0 Å². The Morgan fingerprint density at radius 3 is 2.81 bits per heavy atom. The highest BCUT2D eigenvalue weighted by molar-refractivity contribution is 5.86. The van der Waals surface area contributed by atoms with Gasteiger partial charge in [0.05, 0.1) is 19.6 Å². The molecule has 0 spiro atoms. The molecule has 0 radical (unpaired) electrons. The zero-order chi connectivity index (χ0) is 15.2. The fourth-order valence-corrected chi connectivity index (χ4v) is 2.43. The predicted molar refractivity (Wildman–Crippen MR) is 77.8 cm³/mol. The van der Waals surface area contributed by atoms with Gasteiger partial charge in [0.25, 0.3) is 0 Å². The van der Waals surface area contributed by atoms with Gasteiger partial charge in [-0.05, 0) is 24.5 Å². The van der Waals surface area contributed by atoms with Crippen LogP contribution in [0.5, 0.6) is 0 Å².